The van der Waals surface area contributed by atoms with E-state index in [9.17, 15) is 4.79 Å². The second-order valence-corrected chi connectivity index (χ2v) is 7.61. The molecular formula is C23H26N6O2. The van der Waals surface area contributed by atoms with Crippen LogP contribution in [0.5, 0.6) is 5.75 Å². The topological polar surface area (TPSA) is 107 Å². The molecule has 8 nitrogen and oxygen atoms in total. The average Bonchev–Trinajstić information content (AvgIpc) is 2.84. The zero-order valence-corrected chi connectivity index (χ0v) is 17.8. The van der Waals surface area contributed by atoms with Crippen molar-refractivity contribution in [2.24, 2.45) is 0 Å². The normalized spacial score (nSPS) is 14.5. The first-order valence-corrected chi connectivity index (χ1v) is 10.5. The maximum atomic E-state index is 13.0. The predicted molar refractivity (Wildman–Crippen MR) is 118 cm³/mol. The average molecular weight is 419 g/mol. The van der Waals surface area contributed by atoms with Crippen LogP contribution < -0.4 is 10.5 Å². The number of ether oxygens (including phenoxy) is 1. The second-order valence-electron chi connectivity index (χ2n) is 7.61. The Morgan fingerprint density at radius 1 is 1.13 bits per heavy atom. The summed E-state index contributed by atoms with van der Waals surface area (Å²) < 4.78 is 5.56. The van der Waals surface area contributed by atoms with Gasteiger partial charge < -0.3 is 15.4 Å². The fraction of sp³-hybridized carbons (Fsp3) is 0.348. The molecule has 1 saturated heterocycles. The molecule has 0 radical (unpaired) electrons. The van der Waals surface area contributed by atoms with E-state index < -0.39 is 0 Å². The fourth-order valence-electron chi connectivity index (χ4n) is 3.84. The molecule has 4 heterocycles. The summed E-state index contributed by atoms with van der Waals surface area (Å²) in [5.74, 6) is 1.21. The van der Waals surface area contributed by atoms with Crippen LogP contribution in [0.1, 0.15) is 47.6 Å². The maximum absolute atomic E-state index is 13.0. The number of aryl methyl sites for hydroxylation is 1. The molecule has 31 heavy (non-hydrogen) atoms. The number of aromatic nitrogens is 4. The molecule has 160 valence electrons. The van der Waals surface area contributed by atoms with Gasteiger partial charge in [-0.25, -0.2) is 0 Å². The first-order chi connectivity index (χ1) is 15.1. The van der Waals surface area contributed by atoms with Crippen LogP contribution in [0.25, 0.3) is 11.1 Å². The quantitative estimate of drug-likeness (QED) is 0.678. The van der Waals surface area contributed by atoms with E-state index in [-0.39, 0.29) is 11.8 Å². The molecule has 2 N–H and O–H groups in total. The molecule has 8 heteroatoms. The Labute approximate surface area is 181 Å². The lowest BCUT2D eigenvalue weighted by molar-refractivity contribution is 0.0705. The van der Waals surface area contributed by atoms with E-state index in [2.05, 4.69) is 27.1 Å². The predicted octanol–water partition coefficient (Wildman–Crippen LogP) is 3.11. The summed E-state index contributed by atoms with van der Waals surface area (Å²) in [4.78, 5) is 23.7. The van der Waals surface area contributed by atoms with Crippen molar-refractivity contribution in [3.63, 3.8) is 0 Å². The van der Waals surface area contributed by atoms with Gasteiger partial charge in [0.05, 0.1) is 12.8 Å². The molecule has 0 saturated carbocycles. The lowest BCUT2D eigenvalue weighted by Crippen LogP contribution is -2.38. The number of piperidine rings is 1. The smallest absolute Gasteiger partial charge is 0.272 e. The zero-order chi connectivity index (χ0) is 21.8. The van der Waals surface area contributed by atoms with Gasteiger partial charge in [-0.05, 0) is 37.5 Å². The minimum Gasteiger partial charge on any atom is -0.496 e. The molecule has 1 amide bonds. The van der Waals surface area contributed by atoms with Gasteiger partial charge in [0.15, 0.2) is 0 Å². The highest BCUT2D eigenvalue weighted by Crippen LogP contribution is 2.31. The van der Waals surface area contributed by atoms with Gasteiger partial charge in [-0.1, -0.05) is 13.0 Å². The van der Waals surface area contributed by atoms with Crippen LogP contribution in [0, 0.1) is 0 Å². The number of methoxy groups -OCH3 is 1. The van der Waals surface area contributed by atoms with E-state index in [1.807, 2.05) is 29.3 Å². The highest BCUT2D eigenvalue weighted by atomic mass is 16.5. The van der Waals surface area contributed by atoms with Crippen LogP contribution in [-0.2, 0) is 6.42 Å². The summed E-state index contributed by atoms with van der Waals surface area (Å²) >= 11 is 0. The molecule has 0 aromatic carbocycles. The molecular weight excluding hydrogens is 392 g/mol. The first kappa shape index (κ1) is 20.7. The molecule has 0 aliphatic carbocycles. The zero-order valence-electron chi connectivity index (χ0n) is 17.8. The third-order valence-corrected chi connectivity index (χ3v) is 5.71. The monoisotopic (exact) mass is 418 g/mol. The van der Waals surface area contributed by atoms with Crippen molar-refractivity contribution in [2.45, 2.75) is 32.1 Å². The number of rotatable bonds is 5. The van der Waals surface area contributed by atoms with E-state index in [0.29, 0.717) is 30.4 Å². The molecule has 0 unspecified atom stereocenters. The number of pyridine rings is 2. The van der Waals surface area contributed by atoms with Crippen LogP contribution >= 0.6 is 0 Å². The molecule has 1 aliphatic rings. The van der Waals surface area contributed by atoms with Crippen LogP contribution in [0.2, 0.25) is 0 Å². The third-order valence-electron chi connectivity index (χ3n) is 5.71. The molecule has 0 bridgehead atoms. The van der Waals surface area contributed by atoms with Gasteiger partial charge >= 0.3 is 0 Å². The van der Waals surface area contributed by atoms with Crippen molar-refractivity contribution in [1.29, 1.82) is 0 Å². The number of nitrogens with two attached hydrogens (primary N) is 1. The van der Waals surface area contributed by atoms with Crippen LogP contribution in [0.3, 0.4) is 0 Å². The highest BCUT2D eigenvalue weighted by Gasteiger charge is 2.26. The minimum atomic E-state index is -0.0915. The van der Waals surface area contributed by atoms with Gasteiger partial charge in [0.25, 0.3) is 5.91 Å². The summed E-state index contributed by atoms with van der Waals surface area (Å²) in [5.41, 5.74) is 9.67. The fourth-order valence-corrected chi connectivity index (χ4v) is 3.84. The number of nitrogen functional groups attached to an aromatic ring is 1. The van der Waals surface area contributed by atoms with Gasteiger partial charge in [-0.3, -0.25) is 14.8 Å². The van der Waals surface area contributed by atoms with Gasteiger partial charge in [-0.2, -0.15) is 5.10 Å². The number of anilines is 1. The molecule has 1 aliphatic heterocycles. The van der Waals surface area contributed by atoms with Crippen molar-refractivity contribution in [3.8, 4) is 16.9 Å². The molecule has 0 spiro atoms. The van der Waals surface area contributed by atoms with Crippen LogP contribution in [0.4, 0.5) is 5.82 Å². The Balaban J connectivity index is 1.46. The van der Waals surface area contributed by atoms with Crippen molar-refractivity contribution in [3.05, 3.63) is 59.8 Å². The minimum absolute atomic E-state index is 0.0915. The standard InChI is InChI=1S/C23H26N6O2/c1-3-17-5-4-16(13-25-17)18-14-26-20(12-21(18)31-2)23(30)29-10-8-15(9-11-29)19-6-7-22(24)28-27-19/h4-7,12-15H,3,8-11H2,1-2H3,(H2,24,28). The number of carbonyl (C=O) groups is 1. The van der Waals surface area contributed by atoms with Crippen molar-refractivity contribution in [2.75, 3.05) is 25.9 Å². The van der Waals surface area contributed by atoms with Gasteiger partial charge in [0.1, 0.15) is 17.3 Å². The number of hydrogen-bond acceptors (Lipinski definition) is 7. The van der Waals surface area contributed by atoms with Gasteiger partial charge in [-0.15, -0.1) is 5.10 Å². The van der Waals surface area contributed by atoms with Crippen LogP contribution in [0.15, 0.2) is 42.7 Å². The Morgan fingerprint density at radius 3 is 2.55 bits per heavy atom. The third kappa shape index (κ3) is 4.47. The molecule has 3 aromatic rings. The Kier molecular flexibility index (Phi) is 6.06. The molecule has 1 fully saturated rings. The SMILES string of the molecule is CCc1ccc(-c2cnc(C(=O)N3CCC(c4ccc(N)nn4)CC3)cc2OC)cn1. The summed E-state index contributed by atoms with van der Waals surface area (Å²) in [7, 11) is 1.60. The summed E-state index contributed by atoms with van der Waals surface area (Å²) in [5, 5.41) is 8.13. The van der Waals surface area contributed by atoms with Crippen LogP contribution in [-0.4, -0.2) is 51.2 Å². The van der Waals surface area contributed by atoms with E-state index in [0.717, 1.165) is 41.8 Å². The van der Waals surface area contributed by atoms with E-state index in [4.69, 9.17) is 10.5 Å². The maximum Gasteiger partial charge on any atom is 0.272 e. The number of nitrogens with zero attached hydrogens (tertiary/aromatic N) is 5. The van der Waals surface area contributed by atoms with E-state index in [1.165, 1.54) is 0 Å². The lowest BCUT2D eigenvalue weighted by Gasteiger charge is -2.31. The van der Waals surface area contributed by atoms with Gasteiger partial charge in [0.2, 0.25) is 0 Å². The number of carbonyl (C=O) groups excluding carboxylic acids is 1. The second kappa shape index (κ2) is 9.07. The first-order valence-electron chi connectivity index (χ1n) is 10.5. The van der Waals surface area contributed by atoms with E-state index in [1.54, 1.807) is 25.4 Å². The Hall–Kier alpha value is -3.55. The number of likely N-dealkylation sites (tertiary alicyclic amines) is 1. The summed E-state index contributed by atoms with van der Waals surface area (Å²) in [6.45, 7) is 3.35. The molecule has 3 aromatic heterocycles. The number of hydrogen-bond donors (Lipinski definition) is 1. The van der Waals surface area contributed by atoms with Crippen molar-refractivity contribution >= 4 is 11.7 Å². The number of amides is 1. The highest BCUT2D eigenvalue weighted by molar-refractivity contribution is 5.93. The largest absolute Gasteiger partial charge is 0.496 e. The molecule has 4 rings (SSSR count). The summed E-state index contributed by atoms with van der Waals surface area (Å²) in [6.07, 6.45) is 6.03. The Bertz CT molecular complexity index is 1040. The lowest BCUT2D eigenvalue weighted by atomic mass is 9.93. The van der Waals surface area contributed by atoms with E-state index >= 15 is 0 Å². The summed E-state index contributed by atoms with van der Waals surface area (Å²) in [6, 6.07) is 9.38. The molecule has 0 atom stereocenters. The van der Waals surface area contributed by atoms with Crippen molar-refractivity contribution < 1.29 is 9.53 Å². The van der Waals surface area contributed by atoms with Crippen molar-refractivity contribution in [1.82, 2.24) is 25.1 Å². The van der Waals surface area contributed by atoms with Gasteiger partial charge in [0, 0.05) is 54.3 Å². The Morgan fingerprint density at radius 2 is 1.94 bits per heavy atom.